The van der Waals surface area contributed by atoms with E-state index in [1.165, 1.54) is 31.2 Å². The Hall–Kier alpha value is -2.98. The lowest BCUT2D eigenvalue weighted by atomic mass is 10.1. The van der Waals surface area contributed by atoms with E-state index in [-0.39, 0.29) is 35.3 Å². The van der Waals surface area contributed by atoms with Crippen molar-refractivity contribution < 1.29 is 31.9 Å². The number of halogens is 1. The summed E-state index contributed by atoms with van der Waals surface area (Å²) >= 11 is 0. The van der Waals surface area contributed by atoms with Crippen LogP contribution in [0.1, 0.15) is 30.1 Å². The standard InChI is InChI=1S/C20H19FN2O6S/c1-12(24)15-9-18-19(29-11-28-18)10-16(15)22-20(25)17-3-2-8-23(17)30(26,27)14-6-4-13(21)5-7-14/h4-7,9-10,17H,2-3,8,11H2,1H3,(H,22,25)/t17-/m0/s1. The SMILES string of the molecule is CC(=O)c1cc2c(cc1NC(=O)[C@@H]1CCCN1S(=O)(=O)c1ccc(F)cc1)OCO2. The molecule has 0 spiro atoms. The molecule has 0 bridgehead atoms. The number of rotatable bonds is 5. The Morgan fingerprint density at radius 1 is 1.13 bits per heavy atom. The van der Waals surface area contributed by atoms with Crippen LogP contribution in [0.4, 0.5) is 10.1 Å². The van der Waals surface area contributed by atoms with Gasteiger partial charge in [0.05, 0.1) is 10.6 Å². The van der Waals surface area contributed by atoms with Gasteiger partial charge in [0.15, 0.2) is 17.3 Å². The van der Waals surface area contributed by atoms with E-state index in [0.29, 0.717) is 24.3 Å². The fraction of sp³-hybridized carbons (Fsp3) is 0.300. The molecule has 0 unspecified atom stereocenters. The van der Waals surface area contributed by atoms with E-state index in [2.05, 4.69) is 5.32 Å². The van der Waals surface area contributed by atoms with Crippen molar-refractivity contribution in [2.45, 2.75) is 30.7 Å². The summed E-state index contributed by atoms with van der Waals surface area (Å²) in [5.74, 6) is -0.605. The number of hydrogen-bond donors (Lipinski definition) is 1. The number of hydrogen-bond acceptors (Lipinski definition) is 6. The summed E-state index contributed by atoms with van der Waals surface area (Å²) in [7, 11) is -3.98. The fourth-order valence-electron chi connectivity index (χ4n) is 3.58. The van der Waals surface area contributed by atoms with Crippen LogP contribution in [0.3, 0.4) is 0 Å². The molecule has 0 radical (unpaired) electrons. The molecular formula is C20H19FN2O6S. The Morgan fingerprint density at radius 3 is 2.47 bits per heavy atom. The molecule has 1 N–H and O–H groups in total. The van der Waals surface area contributed by atoms with Gasteiger partial charge in [0.2, 0.25) is 22.7 Å². The minimum Gasteiger partial charge on any atom is -0.454 e. The van der Waals surface area contributed by atoms with Crippen molar-refractivity contribution in [2.24, 2.45) is 0 Å². The highest BCUT2D eigenvalue weighted by Crippen LogP contribution is 2.37. The third-order valence-corrected chi connectivity index (χ3v) is 7.00. The van der Waals surface area contributed by atoms with E-state index < -0.39 is 27.8 Å². The highest BCUT2D eigenvalue weighted by atomic mass is 32.2. The minimum atomic E-state index is -3.98. The van der Waals surface area contributed by atoms with Crippen LogP contribution in [-0.4, -0.2) is 43.8 Å². The van der Waals surface area contributed by atoms with Crippen molar-refractivity contribution in [1.29, 1.82) is 0 Å². The summed E-state index contributed by atoms with van der Waals surface area (Å²) in [5, 5.41) is 2.66. The number of anilines is 1. The summed E-state index contributed by atoms with van der Waals surface area (Å²) < 4.78 is 50.8. The van der Waals surface area contributed by atoms with Crippen LogP contribution in [0.5, 0.6) is 11.5 Å². The predicted octanol–water partition coefficient (Wildman–Crippen LogP) is 2.55. The smallest absolute Gasteiger partial charge is 0.243 e. The topological polar surface area (TPSA) is 102 Å². The predicted molar refractivity (Wildman–Crippen MR) is 105 cm³/mol. The highest BCUT2D eigenvalue weighted by Gasteiger charge is 2.39. The molecule has 1 saturated heterocycles. The molecule has 2 aliphatic rings. The van der Waals surface area contributed by atoms with Crippen LogP contribution in [0, 0.1) is 5.82 Å². The van der Waals surface area contributed by atoms with Crippen molar-refractivity contribution in [3.8, 4) is 11.5 Å². The first-order valence-electron chi connectivity index (χ1n) is 9.30. The number of ketones is 1. The first kappa shape index (κ1) is 20.3. The second-order valence-corrected chi connectivity index (χ2v) is 8.91. The largest absolute Gasteiger partial charge is 0.454 e. The molecule has 2 aliphatic heterocycles. The van der Waals surface area contributed by atoms with Crippen LogP contribution in [0.2, 0.25) is 0 Å². The first-order chi connectivity index (χ1) is 14.3. The first-order valence-corrected chi connectivity index (χ1v) is 10.7. The Bertz CT molecular complexity index is 1120. The van der Waals surface area contributed by atoms with Gasteiger partial charge >= 0.3 is 0 Å². The zero-order valence-corrected chi connectivity index (χ0v) is 16.9. The van der Waals surface area contributed by atoms with Gasteiger partial charge in [0.25, 0.3) is 0 Å². The van der Waals surface area contributed by atoms with E-state index >= 15 is 0 Å². The second-order valence-electron chi connectivity index (χ2n) is 7.02. The molecule has 158 valence electrons. The van der Waals surface area contributed by atoms with Crippen LogP contribution in [0.15, 0.2) is 41.3 Å². The Balaban J connectivity index is 1.61. The Labute approximate surface area is 172 Å². The number of nitrogens with one attached hydrogen (secondary N) is 1. The number of amides is 1. The van der Waals surface area contributed by atoms with Crippen LogP contribution in [0.25, 0.3) is 0 Å². The Morgan fingerprint density at radius 2 is 1.80 bits per heavy atom. The molecule has 1 fully saturated rings. The van der Waals surface area contributed by atoms with E-state index in [1.54, 1.807) is 0 Å². The third-order valence-electron chi connectivity index (χ3n) is 5.08. The molecule has 0 aromatic heterocycles. The van der Waals surface area contributed by atoms with E-state index in [1.807, 2.05) is 0 Å². The molecule has 0 aliphatic carbocycles. The Kier molecular flexibility index (Phi) is 5.20. The summed E-state index contributed by atoms with van der Waals surface area (Å²) in [4.78, 5) is 24.9. The molecule has 4 rings (SSSR count). The summed E-state index contributed by atoms with van der Waals surface area (Å²) in [6.07, 6.45) is 0.825. The minimum absolute atomic E-state index is 0.0103. The third kappa shape index (κ3) is 3.63. The normalized spacial score (nSPS) is 18.4. The zero-order valence-electron chi connectivity index (χ0n) is 16.1. The van der Waals surface area contributed by atoms with Crippen molar-refractivity contribution >= 4 is 27.4 Å². The van der Waals surface area contributed by atoms with Gasteiger partial charge in [-0.15, -0.1) is 0 Å². The summed E-state index contributed by atoms with van der Waals surface area (Å²) in [6.45, 7) is 1.53. The maximum atomic E-state index is 13.2. The van der Waals surface area contributed by atoms with Crippen molar-refractivity contribution in [3.63, 3.8) is 0 Å². The van der Waals surface area contributed by atoms with Crippen molar-refractivity contribution in [3.05, 3.63) is 47.8 Å². The van der Waals surface area contributed by atoms with Crippen molar-refractivity contribution in [1.82, 2.24) is 4.31 Å². The number of benzene rings is 2. The molecule has 1 amide bonds. The molecule has 10 heteroatoms. The van der Waals surface area contributed by atoms with Gasteiger partial charge in [-0.3, -0.25) is 9.59 Å². The molecule has 1 atom stereocenters. The number of sulfonamides is 1. The average molecular weight is 434 g/mol. The lowest BCUT2D eigenvalue weighted by Gasteiger charge is -2.24. The van der Waals surface area contributed by atoms with Crippen LogP contribution >= 0.6 is 0 Å². The van der Waals surface area contributed by atoms with E-state index in [9.17, 15) is 22.4 Å². The van der Waals surface area contributed by atoms with E-state index in [0.717, 1.165) is 16.4 Å². The molecule has 2 heterocycles. The second kappa shape index (κ2) is 7.69. The fourth-order valence-corrected chi connectivity index (χ4v) is 5.24. The van der Waals surface area contributed by atoms with Crippen LogP contribution in [-0.2, 0) is 14.8 Å². The quantitative estimate of drug-likeness (QED) is 0.726. The zero-order chi connectivity index (χ0) is 21.5. The molecule has 0 saturated carbocycles. The van der Waals surface area contributed by atoms with E-state index in [4.69, 9.17) is 9.47 Å². The lowest BCUT2D eigenvalue weighted by molar-refractivity contribution is -0.119. The molecular weight excluding hydrogens is 415 g/mol. The molecule has 2 aromatic carbocycles. The molecule has 8 nitrogen and oxygen atoms in total. The van der Waals surface area contributed by atoms with Gasteiger partial charge in [0.1, 0.15) is 11.9 Å². The number of nitrogens with zero attached hydrogens (tertiary/aromatic N) is 1. The van der Waals surface area contributed by atoms with Crippen LogP contribution < -0.4 is 14.8 Å². The van der Waals surface area contributed by atoms with Gasteiger partial charge < -0.3 is 14.8 Å². The maximum Gasteiger partial charge on any atom is 0.243 e. The van der Waals surface area contributed by atoms with Gasteiger partial charge in [-0.2, -0.15) is 4.31 Å². The van der Waals surface area contributed by atoms with Gasteiger partial charge in [0, 0.05) is 18.2 Å². The lowest BCUT2D eigenvalue weighted by Crippen LogP contribution is -2.43. The van der Waals surface area contributed by atoms with Crippen molar-refractivity contribution in [2.75, 3.05) is 18.7 Å². The van der Waals surface area contributed by atoms with Gasteiger partial charge in [-0.25, -0.2) is 12.8 Å². The molecule has 2 aromatic rings. The summed E-state index contributed by atoms with van der Waals surface area (Å²) in [5.41, 5.74) is 0.460. The highest BCUT2D eigenvalue weighted by molar-refractivity contribution is 7.89. The number of carbonyl (C=O) groups excluding carboxylic acids is 2. The summed E-state index contributed by atoms with van der Waals surface area (Å²) in [6, 6.07) is 6.48. The number of carbonyl (C=O) groups is 2. The van der Waals surface area contributed by atoms with Gasteiger partial charge in [-0.05, 0) is 50.1 Å². The number of fused-ring (bicyclic) bond motifs is 1. The molecule has 30 heavy (non-hydrogen) atoms. The number of Topliss-reactive ketones (excluding diaryl/α,β-unsaturated/α-hetero) is 1. The average Bonchev–Trinajstić information content (AvgIpc) is 3.37. The van der Waals surface area contributed by atoms with Gasteiger partial charge in [-0.1, -0.05) is 0 Å². The maximum absolute atomic E-state index is 13.2. The monoisotopic (exact) mass is 434 g/mol. The number of ether oxygens (including phenoxy) is 2.